The van der Waals surface area contributed by atoms with E-state index in [2.05, 4.69) is 4.98 Å². The maximum absolute atomic E-state index is 11.9. The molecule has 1 aromatic rings. The van der Waals surface area contributed by atoms with Crippen molar-refractivity contribution in [2.45, 2.75) is 44.3 Å². The molecule has 3 N–H and O–H groups in total. The van der Waals surface area contributed by atoms with Crippen molar-refractivity contribution in [3.63, 3.8) is 0 Å². The molecule has 0 bridgehead atoms. The lowest BCUT2D eigenvalue weighted by molar-refractivity contribution is -0.150. The highest BCUT2D eigenvalue weighted by molar-refractivity contribution is 14.1. The summed E-state index contributed by atoms with van der Waals surface area (Å²) in [4.78, 5) is 36.6. The second-order valence-electron chi connectivity index (χ2n) is 5.11. The van der Waals surface area contributed by atoms with Gasteiger partial charge in [0.2, 0.25) is 0 Å². The van der Waals surface area contributed by atoms with Crippen molar-refractivity contribution in [3.05, 3.63) is 30.6 Å². The second-order valence-corrected chi connectivity index (χ2v) is 6.22. The number of rotatable bonds is 5. The molecule has 128 valence electrons. The molecule has 0 unspecified atom stereocenters. The molecule has 0 amide bonds. The molecule has 0 aliphatic carbocycles. The number of nitrogens with zero attached hydrogens (tertiary/aromatic N) is 1. The number of carbonyl (C=O) groups is 1. The Kier molecular flexibility index (Phi) is 5.95. The van der Waals surface area contributed by atoms with Crippen molar-refractivity contribution in [2.24, 2.45) is 0 Å². The van der Waals surface area contributed by atoms with Crippen LogP contribution in [0.25, 0.3) is 0 Å². The number of aromatic amines is 1. The standard InChI is InChI=1S/C13H17IN2O7/c1-2-3-9(18)22-5-6-10(19)11(20)12(23-6)16-7(14)4-8(17)15-13(16)21/h4,6,10-12,19-20H,2-3,5H2,1H3,(H,15,17,21)/t6-,10-,11-,12-/m1/s1. The van der Waals surface area contributed by atoms with Gasteiger partial charge in [-0.05, 0) is 29.0 Å². The van der Waals surface area contributed by atoms with Crippen molar-refractivity contribution >= 4 is 28.6 Å². The molecule has 0 aromatic carbocycles. The minimum atomic E-state index is -1.40. The Morgan fingerprint density at radius 2 is 2.13 bits per heavy atom. The lowest BCUT2D eigenvalue weighted by Crippen LogP contribution is -2.39. The number of ether oxygens (including phenoxy) is 2. The lowest BCUT2D eigenvalue weighted by atomic mass is 10.1. The summed E-state index contributed by atoms with van der Waals surface area (Å²) in [5.74, 6) is -0.433. The molecule has 2 rings (SSSR count). The molecule has 10 heteroatoms. The van der Waals surface area contributed by atoms with Gasteiger partial charge in [0.15, 0.2) is 6.23 Å². The van der Waals surface area contributed by atoms with Crippen LogP contribution in [0.4, 0.5) is 0 Å². The summed E-state index contributed by atoms with van der Waals surface area (Å²) in [6, 6.07) is 1.17. The van der Waals surface area contributed by atoms with E-state index in [9.17, 15) is 24.6 Å². The van der Waals surface area contributed by atoms with Crippen molar-refractivity contribution in [1.29, 1.82) is 0 Å². The molecule has 0 saturated carbocycles. The number of halogens is 1. The monoisotopic (exact) mass is 440 g/mol. The van der Waals surface area contributed by atoms with Gasteiger partial charge < -0.3 is 19.7 Å². The average Bonchev–Trinajstić information content (AvgIpc) is 2.73. The predicted octanol–water partition coefficient (Wildman–Crippen LogP) is -0.896. The third kappa shape index (κ3) is 4.00. The van der Waals surface area contributed by atoms with Gasteiger partial charge in [-0.25, -0.2) is 4.79 Å². The fourth-order valence-electron chi connectivity index (χ4n) is 2.25. The van der Waals surface area contributed by atoms with Crippen LogP contribution < -0.4 is 11.2 Å². The normalized spacial score (nSPS) is 27.1. The number of nitrogens with one attached hydrogen (secondary N) is 1. The van der Waals surface area contributed by atoms with Crippen LogP contribution in [0.1, 0.15) is 26.0 Å². The van der Waals surface area contributed by atoms with Gasteiger partial charge in [-0.3, -0.25) is 19.1 Å². The molecular formula is C13H17IN2O7. The third-order valence-electron chi connectivity index (χ3n) is 3.38. The molecule has 0 spiro atoms. The Morgan fingerprint density at radius 1 is 1.43 bits per heavy atom. The lowest BCUT2D eigenvalue weighted by Gasteiger charge is -2.18. The van der Waals surface area contributed by atoms with Crippen molar-refractivity contribution < 1.29 is 24.5 Å². The Bertz CT molecular complexity index is 686. The van der Waals surface area contributed by atoms with Gasteiger partial charge in [0, 0.05) is 12.5 Å². The number of hydrogen-bond donors (Lipinski definition) is 3. The van der Waals surface area contributed by atoms with Gasteiger partial charge in [-0.15, -0.1) is 0 Å². The number of esters is 1. The highest BCUT2D eigenvalue weighted by Crippen LogP contribution is 2.29. The number of aliphatic hydroxyl groups is 2. The molecule has 4 atom stereocenters. The molecule has 1 aliphatic heterocycles. The van der Waals surface area contributed by atoms with Crippen LogP contribution in [0.5, 0.6) is 0 Å². The maximum atomic E-state index is 11.9. The Balaban J connectivity index is 2.16. The van der Waals surface area contributed by atoms with E-state index in [-0.39, 0.29) is 16.7 Å². The number of hydrogen-bond acceptors (Lipinski definition) is 7. The summed E-state index contributed by atoms with van der Waals surface area (Å²) in [7, 11) is 0. The number of aliphatic hydroxyl groups excluding tert-OH is 2. The van der Waals surface area contributed by atoms with Crippen LogP contribution in [0.3, 0.4) is 0 Å². The summed E-state index contributed by atoms with van der Waals surface area (Å²) < 4.78 is 11.7. The third-order valence-corrected chi connectivity index (χ3v) is 4.21. The van der Waals surface area contributed by atoms with Crippen LogP contribution in [0.15, 0.2) is 15.7 Å². The predicted molar refractivity (Wildman–Crippen MR) is 85.8 cm³/mol. The first kappa shape index (κ1) is 18.1. The highest BCUT2D eigenvalue weighted by atomic mass is 127. The SMILES string of the molecule is CCCC(=O)OC[C@H]1O[C@@H](n2c(I)cc(=O)[nH]c2=O)[C@H](O)[C@@H]1O. The molecule has 0 radical (unpaired) electrons. The van der Waals surface area contributed by atoms with E-state index in [4.69, 9.17) is 9.47 Å². The molecule has 2 heterocycles. The van der Waals surface area contributed by atoms with Gasteiger partial charge in [0.25, 0.3) is 5.56 Å². The number of carbonyl (C=O) groups excluding carboxylic acids is 1. The molecule has 1 aromatic heterocycles. The zero-order valence-electron chi connectivity index (χ0n) is 12.3. The van der Waals surface area contributed by atoms with E-state index < -0.39 is 41.8 Å². The highest BCUT2D eigenvalue weighted by Gasteiger charge is 2.45. The first-order chi connectivity index (χ1) is 10.8. The topological polar surface area (TPSA) is 131 Å². The van der Waals surface area contributed by atoms with Crippen LogP contribution in [0.2, 0.25) is 0 Å². The fourth-order valence-corrected chi connectivity index (χ4v) is 3.02. The van der Waals surface area contributed by atoms with Crippen molar-refractivity contribution in [3.8, 4) is 0 Å². The summed E-state index contributed by atoms with van der Waals surface area (Å²) in [5, 5.41) is 20.1. The average molecular weight is 440 g/mol. The first-order valence-electron chi connectivity index (χ1n) is 7.03. The Labute approximate surface area is 144 Å². The van der Waals surface area contributed by atoms with E-state index in [0.29, 0.717) is 6.42 Å². The molecular weight excluding hydrogens is 423 g/mol. The van der Waals surface area contributed by atoms with Gasteiger partial charge in [-0.1, -0.05) is 6.92 Å². The number of aromatic nitrogens is 2. The molecule has 23 heavy (non-hydrogen) atoms. The Morgan fingerprint density at radius 3 is 2.74 bits per heavy atom. The van der Waals surface area contributed by atoms with E-state index >= 15 is 0 Å². The largest absolute Gasteiger partial charge is 0.463 e. The van der Waals surface area contributed by atoms with Crippen LogP contribution in [-0.4, -0.2) is 50.7 Å². The summed E-state index contributed by atoms with van der Waals surface area (Å²) in [5.41, 5.74) is -1.34. The van der Waals surface area contributed by atoms with Crippen LogP contribution in [-0.2, 0) is 14.3 Å². The zero-order valence-corrected chi connectivity index (χ0v) is 14.4. The molecule has 1 fully saturated rings. The van der Waals surface area contributed by atoms with Gasteiger partial charge >= 0.3 is 11.7 Å². The van der Waals surface area contributed by atoms with E-state index in [1.165, 1.54) is 6.07 Å². The van der Waals surface area contributed by atoms with Gasteiger partial charge in [0.1, 0.15) is 24.9 Å². The summed E-state index contributed by atoms with van der Waals surface area (Å²) >= 11 is 1.75. The second kappa shape index (κ2) is 7.55. The fraction of sp³-hybridized carbons (Fsp3) is 0.615. The van der Waals surface area contributed by atoms with E-state index in [1.807, 2.05) is 6.92 Å². The molecule has 1 aliphatic rings. The van der Waals surface area contributed by atoms with Crippen molar-refractivity contribution in [1.82, 2.24) is 9.55 Å². The summed E-state index contributed by atoms with van der Waals surface area (Å²) in [6.45, 7) is 1.59. The van der Waals surface area contributed by atoms with E-state index in [0.717, 1.165) is 4.57 Å². The first-order valence-corrected chi connectivity index (χ1v) is 8.11. The van der Waals surface area contributed by atoms with Crippen LogP contribution in [0, 0.1) is 3.70 Å². The minimum Gasteiger partial charge on any atom is -0.463 e. The van der Waals surface area contributed by atoms with Gasteiger partial charge in [-0.2, -0.15) is 0 Å². The maximum Gasteiger partial charge on any atom is 0.331 e. The quantitative estimate of drug-likeness (QED) is 0.308. The smallest absolute Gasteiger partial charge is 0.331 e. The molecule has 1 saturated heterocycles. The summed E-state index contributed by atoms with van der Waals surface area (Å²) in [6.07, 6.45) is -4.01. The van der Waals surface area contributed by atoms with Gasteiger partial charge in [0.05, 0.1) is 3.70 Å². The minimum absolute atomic E-state index is 0.234. The molecule has 9 nitrogen and oxygen atoms in total. The Hall–Kier alpha value is -1.24. The van der Waals surface area contributed by atoms with E-state index in [1.54, 1.807) is 22.6 Å². The number of H-pyrrole nitrogens is 1. The van der Waals surface area contributed by atoms with Crippen LogP contribution >= 0.6 is 22.6 Å². The zero-order chi connectivity index (χ0) is 17.1. The van der Waals surface area contributed by atoms with Crippen molar-refractivity contribution in [2.75, 3.05) is 6.61 Å².